The molecule has 5 rings (SSSR count). The average Bonchev–Trinajstić information content (AvgIpc) is 3.47. The van der Waals surface area contributed by atoms with E-state index in [1.807, 2.05) is 70.2 Å². The second-order valence-corrected chi connectivity index (χ2v) is 16.7. The number of para-hydroxylation sites is 1. The summed E-state index contributed by atoms with van der Waals surface area (Å²) in [5, 5.41) is 15.4. The number of carbonyl (C=O) groups is 4. The van der Waals surface area contributed by atoms with E-state index in [9.17, 15) is 24.3 Å². The molecule has 0 bridgehead atoms. The summed E-state index contributed by atoms with van der Waals surface area (Å²) in [6.45, 7) is 14.1. The molecular weight excluding hydrogens is 706 g/mol. The molecule has 3 aliphatic heterocycles. The van der Waals surface area contributed by atoms with Gasteiger partial charge in [0.15, 0.2) is 17.7 Å². The van der Waals surface area contributed by atoms with Crippen LogP contribution in [0.1, 0.15) is 86.6 Å². The molecule has 55 heavy (non-hydrogen) atoms. The van der Waals surface area contributed by atoms with Gasteiger partial charge in [0.25, 0.3) is 0 Å². The molecule has 0 saturated carbocycles. The van der Waals surface area contributed by atoms with Crippen molar-refractivity contribution in [3.05, 3.63) is 42.1 Å². The van der Waals surface area contributed by atoms with Crippen molar-refractivity contribution >= 4 is 34.5 Å². The highest BCUT2D eigenvalue weighted by atomic mass is 16.7. The number of nitrogens with zero attached hydrogens (tertiary/aromatic N) is 2. The number of hydrogen-bond donors (Lipinski definition) is 2. The van der Waals surface area contributed by atoms with Crippen molar-refractivity contribution in [1.29, 1.82) is 0 Å². The van der Waals surface area contributed by atoms with Crippen molar-refractivity contribution in [1.82, 2.24) is 15.2 Å². The molecule has 2 aromatic rings. The van der Waals surface area contributed by atoms with Gasteiger partial charge >= 0.3 is 12.1 Å². The van der Waals surface area contributed by atoms with E-state index < -0.39 is 83.4 Å². The van der Waals surface area contributed by atoms with Gasteiger partial charge in [0, 0.05) is 42.0 Å². The van der Waals surface area contributed by atoms with Crippen LogP contribution in [0.15, 0.2) is 36.5 Å². The Morgan fingerprint density at radius 3 is 2.42 bits per heavy atom. The first-order valence-electron chi connectivity index (χ1n) is 19.8. The van der Waals surface area contributed by atoms with Crippen LogP contribution in [0.3, 0.4) is 0 Å². The number of rotatable bonds is 9. The number of aliphatic hydroxyl groups is 1. The Kier molecular flexibility index (Phi) is 13.4. The molecule has 3 fully saturated rings. The number of aryl methyl sites for hydroxylation is 1. The highest BCUT2D eigenvalue weighted by Gasteiger charge is 2.57. The smallest absolute Gasteiger partial charge is 0.408 e. The maximum atomic E-state index is 14.4. The van der Waals surface area contributed by atoms with Gasteiger partial charge in [0.05, 0.1) is 29.4 Å². The lowest BCUT2D eigenvalue weighted by molar-refractivity contribution is -0.297. The zero-order valence-corrected chi connectivity index (χ0v) is 34.1. The van der Waals surface area contributed by atoms with Crippen LogP contribution in [0, 0.1) is 23.7 Å². The zero-order valence-electron chi connectivity index (χ0n) is 34.1. The van der Waals surface area contributed by atoms with Crippen LogP contribution in [0.25, 0.3) is 10.9 Å². The molecule has 13 nitrogen and oxygen atoms in total. The Hall–Kier alpha value is -3.49. The Balaban J connectivity index is 1.52. The molecule has 1 aromatic carbocycles. The minimum atomic E-state index is -1.37. The fraction of sp³-hybridized carbons (Fsp3) is 0.690. The van der Waals surface area contributed by atoms with Crippen LogP contribution < -0.4 is 5.32 Å². The summed E-state index contributed by atoms with van der Waals surface area (Å²) >= 11 is 0. The lowest BCUT2D eigenvalue weighted by Crippen LogP contribution is -2.60. The first kappa shape index (κ1) is 42.6. The number of esters is 1. The second kappa shape index (κ2) is 17.3. The summed E-state index contributed by atoms with van der Waals surface area (Å²) in [5.41, 5.74) is -0.726. The van der Waals surface area contributed by atoms with Gasteiger partial charge < -0.3 is 39.0 Å². The summed E-state index contributed by atoms with van der Waals surface area (Å²) < 4.78 is 31.5. The summed E-state index contributed by atoms with van der Waals surface area (Å²) in [6, 6.07) is 8.91. The van der Waals surface area contributed by atoms with E-state index >= 15 is 0 Å². The first-order valence-corrected chi connectivity index (χ1v) is 19.8. The quantitative estimate of drug-likeness (QED) is 0.199. The first-order chi connectivity index (χ1) is 25.9. The van der Waals surface area contributed by atoms with Gasteiger partial charge in [-0.1, -0.05) is 45.9 Å². The molecule has 2 N–H and O–H groups in total. The van der Waals surface area contributed by atoms with Crippen molar-refractivity contribution in [3.8, 4) is 0 Å². The second-order valence-electron chi connectivity index (χ2n) is 16.7. The number of benzene rings is 1. The van der Waals surface area contributed by atoms with E-state index in [-0.39, 0.29) is 37.4 Å². The summed E-state index contributed by atoms with van der Waals surface area (Å²) in [5.74, 6) is -4.99. The fourth-order valence-electron chi connectivity index (χ4n) is 8.96. The summed E-state index contributed by atoms with van der Waals surface area (Å²) in [6.07, 6.45) is -1.12. The Bertz CT molecular complexity index is 1700. The number of pyridine rings is 1. The predicted molar refractivity (Wildman–Crippen MR) is 205 cm³/mol. The average molecular weight is 768 g/mol. The predicted octanol–water partition coefficient (Wildman–Crippen LogP) is 5.03. The van der Waals surface area contributed by atoms with Gasteiger partial charge in [0.1, 0.15) is 23.9 Å². The van der Waals surface area contributed by atoms with Gasteiger partial charge in [-0.3, -0.25) is 19.4 Å². The SMILES string of the molecule is CCC1OC(=O)[C@H](C)C(=O)[C@H](C)[C@@H](O[C@@H]2O[C@H](C)C[C@H](N(C)C)[C@H]2O)[C@](C)(OCCCc2cnc3ccccc3c2)C[C@@H](C)C(=O)[C@H](C)[C@H]2NC(=O)O[C@]12C. The summed E-state index contributed by atoms with van der Waals surface area (Å²) in [4.78, 5) is 61.9. The molecule has 1 unspecified atom stereocenters. The number of hydrogen-bond acceptors (Lipinski definition) is 12. The molecule has 3 saturated heterocycles. The third-order valence-corrected chi connectivity index (χ3v) is 12.1. The maximum Gasteiger partial charge on any atom is 0.408 e. The molecule has 1 amide bonds. The Labute approximate surface area is 325 Å². The Morgan fingerprint density at radius 2 is 1.73 bits per heavy atom. The number of likely N-dealkylation sites (N-methyl/N-ethyl adjacent to an activating group) is 1. The lowest BCUT2D eigenvalue weighted by Gasteiger charge is -2.47. The normalized spacial score (nSPS) is 37.9. The highest BCUT2D eigenvalue weighted by Crippen LogP contribution is 2.40. The van der Waals surface area contributed by atoms with Crippen molar-refractivity contribution < 1.29 is 48.0 Å². The number of cyclic esters (lactones) is 1. The number of nitrogens with one attached hydrogen (secondary N) is 1. The summed E-state index contributed by atoms with van der Waals surface area (Å²) in [7, 11) is 3.76. The standard InChI is InChI=1S/C42H61N3O10/c1-11-32-42(8)36(44-40(50)55-42)25(4)33(46)23(2)21-41(7,51-18-14-15-28-20-29-16-12-13-17-30(29)43-22-28)37(26(5)34(47)27(6)38(49)53-32)54-39-35(48)31(45(9)10)19-24(3)52-39/h12-13,16-17,20,22-27,31-32,35-37,39,48H,11,14-15,18-19,21H2,1-10H3,(H,44,50)/t23-,24-,25+,26+,27-,31+,32?,35-,36-,37-,39+,41-,42-/m1/s1. The van der Waals surface area contributed by atoms with E-state index in [0.29, 0.717) is 19.3 Å². The topological polar surface area (TPSA) is 163 Å². The molecule has 4 heterocycles. The number of alkyl carbamates (subject to hydrolysis) is 1. The van der Waals surface area contributed by atoms with E-state index in [4.69, 9.17) is 23.7 Å². The van der Waals surface area contributed by atoms with Gasteiger partial charge in [-0.05, 0) is 91.6 Å². The van der Waals surface area contributed by atoms with Crippen LogP contribution >= 0.6 is 0 Å². The van der Waals surface area contributed by atoms with Crippen LogP contribution in [0.5, 0.6) is 0 Å². The maximum absolute atomic E-state index is 14.4. The number of fused-ring (bicyclic) bond motifs is 2. The monoisotopic (exact) mass is 767 g/mol. The number of aromatic nitrogens is 1. The molecule has 13 heteroatoms. The minimum absolute atomic E-state index is 0.125. The van der Waals surface area contributed by atoms with Crippen molar-refractivity contribution in [3.63, 3.8) is 0 Å². The van der Waals surface area contributed by atoms with Crippen molar-refractivity contribution in [2.75, 3.05) is 20.7 Å². The van der Waals surface area contributed by atoms with Crippen LogP contribution in [-0.2, 0) is 44.5 Å². The molecule has 0 spiro atoms. The Morgan fingerprint density at radius 1 is 1.02 bits per heavy atom. The molecule has 1 aromatic heterocycles. The zero-order chi connectivity index (χ0) is 40.4. The van der Waals surface area contributed by atoms with Gasteiger partial charge in [-0.2, -0.15) is 0 Å². The number of ether oxygens (including phenoxy) is 5. The molecule has 0 radical (unpaired) electrons. The van der Waals surface area contributed by atoms with Gasteiger partial charge in [0.2, 0.25) is 0 Å². The number of carbonyl (C=O) groups excluding carboxylic acids is 4. The van der Waals surface area contributed by atoms with Crippen molar-refractivity contribution in [2.24, 2.45) is 23.7 Å². The van der Waals surface area contributed by atoms with E-state index in [1.54, 1.807) is 27.7 Å². The van der Waals surface area contributed by atoms with E-state index in [1.165, 1.54) is 6.92 Å². The van der Waals surface area contributed by atoms with Crippen molar-refractivity contribution in [2.45, 2.75) is 141 Å². The molecule has 3 aliphatic rings. The van der Waals surface area contributed by atoms with Crippen LogP contribution in [0.2, 0.25) is 0 Å². The fourth-order valence-corrected chi connectivity index (χ4v) is 8.96. The van der Waals surface area contributed by atoms with E-state index in [0.717, 1.165) is 16.5 Å². The number of Topliss-reactive ketones (excluding diaryl/α,β-unsaturated/α-hetero) is 2. The van der Waals surface area contributed by atoms with Gasteiger partial charge in [-0.15, -0.1) is 0 Å². The van der Waals surface area contributed by atoms with Crippen LogP contribution in [0.4, 0.5) is 4.79 Å². The lowest BCUT2D eigenvalue weighted by atomic mass is 9.73. The molecule has 0 aliphatic carbocycles. The number of amides is 1. The highest BCUT2D eigenvalue weighted by molar-refractivity contribution is 6.00. The molecule has 304 valence electrons. The third kappa shape index (κ3) is 9.06. The van der Waals surface area contributed by atoms with E-state index in [2.05, 4.69) is 16.4 Å². The minimum Gasteiger partial charge on any atom is -0.458 e. The largest absolute Gasteiger partial charge is 0.458 e. The number of ketones is 2. The number of aliphatic hydroxyl groups excluding tert-OH is 1. The molecule has 13 atom stereocenters. The van der Waals surface area contributed by atoms with Gasteiger partial charge in [-0.25, -0.2) is 4.79 Å². The third-order valence-electron chi connectivity index (χ3n) is 12.1. The molecular formula is C42H61N3O10. The van der Waals surface area contributed by atoms with Crippen LogP contribution in [-0.4, -0.2) is 113 Å².